The van der Waals surface area contributed by atoms with E-state index in [4.69, 9.17) is 27.9 Å². The number of carboxylic acids is 1. The number of ether oxygens (including phenoxy) is 1. The third-order valence-electron chi connectivity index (χ3n) is 8.49. The molecule has 0 saturated heterocycles. The number of aromatic carboxylic acids is 1. The van der Waals surface area contributed by atoms with Crippen molar-refractivity contribution < 1.29 is 24.1 Å². The van der Waals surface area contributed by atoms with E-state index in [1.165, 1.54) is 23.5 Å². The number of halogens is 3. The fourth-order valence-corrected chi connectivity index (χ4v) is 8.06. The molecule has 0 spiro atoms. The number of aliphatic hydroxyl groups is 1. The molecule has 3 fully saturated rings. The summed E-state index contributed by atoms with van der Waals surface area (Å²) in [5.74, 6) is -1.70. The third-order valence-corrected chi connectivity index (χ3v) is 10.1. The van der Waals surface area contributed by atoms with Gasteiger partial charge in [0, 0.05) is 0 Å². The van der Waals surface area contributed by atoms with Crippen LogP contribution in [-0.4, -0.2) is 37.1 Å². The Labute approximate surface area is 244 Å². The molecular formula is C29H28Cl2FN3O4S. The molecule has 0 aliphatic heterocycles. The highest BCUT2D eigenvalue weighted by atomic mass is 35.5. The number of hydrogen-bond acceptors (Lipinski definition) is 6. The van der Waals surface area contributed by atoms with Crippen LogP contribution in [0.5, 0.6) is 0 Å². The van der Waals surface area contributed by atoms with Crippen LogP contribution in [0.1, 0.15) is 71.1 Å². The van der Waals surface area contributed by atoms with Crippen LogP contribution in [0.4, 0.5) is 4.39 Å². The summed E-state index contributed by atoms with van der Waals surface area (Å²) < 4.78 is 23.3. The second-order valence-electron chi connectivity index (χ2n) is 10.9. The zero-order valence-electron chi connectivity index (χ0n) is 21.6. The molecule has 1 aromatic carbocycles. The normalized spacial score (nSPS) is 26.6. The summed E-state index contributed by atoms with van der Waals surface area (Å²) in [5.41, 5.74) is 1.21. The smallest absolute Gasteiger partial charge is 0.335 e. The first-order valence-electron chi connectivity index (χ1n) is 13.2. The summed E-state index contributed by atoms with van der Waals surface area (Å²) in [5, 5.41) is 26.9. The fourth-order valence-electron chi connectivity index (χ4n) is 6.37. The lowest BCUT2D eigenvalue weighted by Gasteiger charge is -2.41. The first kappa shape index (κ1) is 27.6. The standard InChI is InChI=1S/C29H28Cl2FN3O4S/c1-3-21(31)26(14(2)30)35-23(20(12-33-35)15-4-5-15)13-39-19-10-17-6-7-18(11-19)29(17,38)28-34-25-22(32)8-16(27(36)37)9-24(25)40-28/h3,8-9,12,15,17-19,38H,1-2,4-7,10-11,13H2,(H,36,37)/b26-21-/t17-,18+,19-,29+. The Balaban J connectivity index is 1.24. The number of aromatic nitrogens is 3. The van der Waals surface area contributed by atoms with E-state index in [2.05, 4.69) is 23.2 Å². The van der Waals surface area contributed by atoms with Crippen LogP contribution >= 0.6 is 34.5 Å². The van der Waals surface area contributed by atoms with Crippen molar-refractivity contribution in [1.82, 2.24) is 14.8 Å². The first-order valence-corrected chi connectivity index (χ1v) is 14.8. The van der Waals surface area contributed by atoms with Crippen molar-refractivity contribution in [3.8, 4) is 0 Å². The van der Waals surface area contributed by atoms with Crippen LogP contribution in [-0.2, 0) is 16.9 Å². The first-order chi connectivity index (χ1) is 19.1. The molecule has 40 heavy (non-hydrogen) atoms. The number of carboxylic acid groups (broad SMARTS) is 1. The van der Waals surface area contributed by atoms with Gasteiger partial charge in [0.2, 0.25) is 0 Å². The van der Waals surface area contributed by atoms with Gasteiger partial charge < -0.3 is 14.9 Å². The Morgan fingerprint density at radius 3 is 2.55 bits per heavy atom. The molecular weight excluding hydrogens is 576 g/mol. The summed E-state index contributed by atoms with van der Waals surface area (Å²) in [6, 6.07) is 2.39. The predicted molar refractivity (Wildman–Crippen MR) is 153 cm³/mol. The minimum Gasteiger partial charge on any atom is -0.478 e. The Morgan fingerprint density at radius 2 is 1.95 bits per heavy atom. The van der Waals surface area contributed by atoms with E-state index in [0.29, 0.717) is 45.8 Å². The highest BCUT2D eigenvalue weighted by Crippen LogP contribution is 2.57. The quantitative estimate of drug-likeness (QED) is 0.252. The maximum absolute atomic E-state index is 14.7. The lowest BCUT2D eigenvalue weighted by Crippen LogP contribution is -2.44. The predicted octanol–water partition coefficient (Wildman–Crippen LogP) is 7.15. The van der Waals surface area contributed by atoms with Crippen LogP contribution in [0.15, 0.2) is 47.6 Å². The van der Waals surface area contributed by atoms with Crippen molar-refractivity contribution in [3.05, 3.63) is 75.3 Å². The number of carbonyl (C=O) groups is 1. The van der Waals surface area contributed by atoms with E-state index in [1.54, 1.807) is 4.68 Å². The molecule has 210 valence electrons. The summed E-state index contributed by atoms with van der Waals surface area (Å²) >= 11 is 13.9. The molecule has 0 radical (unpaired) electrons. The number of benzene rings is 1. The molecule has 2 heterocycles. The van der Waals surface area contributed by atoms with Crippen molar-refractivity contribution >= 4 is 56.4 Å². The van der Waals surface area contributed by atoms with Gasteiger partial charge in [-0.1, -0.05) is 36.4 Å². The van der Waals surface area contributed by atoms with Gasteiger partial charge in [0.15, 0.2) is 5.82 Å². The minimum atomic E-state index is -1.21. The van der Waals surface area contributed by atoms with Gasteiger partial charge in [-0.3, -0.25) is 0 Å². The van der Waals surface area contributed by atoms with E-state index in [9.17, 15) is 19.4 Å². The molecule has 6 rings (SSSR count). The van der Waals surface area contributed by atoms with Gasteiger partial charge >= 0.3 is 5.97 Å². The van der Waals surface area contributed by atoms with Crippen molar-refractivity contribution in [2.24, 2.45) is 11.8 Å². The zero-order chi connectivity index (χ0) is 28.3. The number of hydrogen-bond donors (Lipinski definition) is 2. The summed E-state index contributed by atoms with van der Waals surface area (Å²) in [4.78, 5) is 15.9. The zero-order valence-corrected chi connectivity index (χ0v) is 23.9. The summed E-state index contributed by atoms with van der Waals surface area (Å²) in [6.45, 7) is 7.91. The Hall–Kier alpha value is -2.56. The highest BCUT2D eigenvalue weighted by Gasteiger charge is 2.56. The van der Waals surface area contributed by atoms with Gasteiger partial charge in [0.1, 0.15) is 21.8 Å². The molecule has 2 N–H and O–H groups in total. The molecule has 3 aliphatic rings. The van der Waals surface area contributed by atoms with Gasteiger partial charge in [0.05, 0.1) is 44.9 Å². The van der Waals surface area contributed by atoms with E-state index >= 15 is 0 Å². The van der Waals surface area contributed by atoms with E-state index in [1.807, 2.05) is 6.20 Å². The molecule has 3 saturated carbocycles. The average molecular weight is 605 g/mol. The second kappa shape index (κ2) is 10.4. The summed E-state index contributed by atoms with van der Waals surface area (Å²) in [6.07, 6.45) is 8.28. The summed E-state index contributed by atoms with van der Waals surface area (Å²) in [7, 11) is 0. The number of fused-ring (bicyclic) bond motifs is 3. The van der Waals surface area contributed by atoms with Gasteiger partial charge in [-0.15, -0.1) is 11.3 Å². The largest absolute Gasteiger partial charge is 0.478 e. The van der Waals surface area contributed by atoms with E-state index < -0.39 is 17.4 Å². The topological polar surface area (TPSA) is 97.5 Å². The van der Waals surface area contributed by atoms with Crippen molar-refractivity contribution in [3.63, 3.8) is 0 Å². The van der Waals surface area contributed by atoms with E-state index in [-0.39, 0.29) is 34.1 Å². The number of nitrogens with zero attached hydrogens (tertiary/aromatic N) is 3. The highest BCUT2D eigenvalue weighted by molar-refractivity contribution is 7.18. The average Bonchev–Trinajstić information content (AvgIpc) is 3.49. The number of rotatable bonds is 9. The van der Waals surface area contributed by atoms with Gasteiger partial charge in [-0.05, 0) is 80.1 Å². The second-order valence-corrected chi connectivity index (χ2v) is 12.8. The molecule has 0 unspecified atom stereocenters. The van der Waals surface area contributed by atoms with Crippen LogP contribution < -0.4 is 0 Å². The van der Waals surface area contributed by atoms with Crippen LogP contribution in [0.25, 0.3) is 15.9 Å². The SMILES string of the molecule is C=C/C(Cl)=C(\C(=C)Cl)n1ncc(C2CC2)c1CO[C@@H]1C[C@H]2CC[C@@H](C1)[C@]2(O)c1nc2c(F)cc(C(=O)O)cc2s1. The van der Waals surface area contributed by atoms with Crippen molar-refractivity contribution in [2.75, 3.05) is 0 Å². The molecule has 2 bridgehead atoms. The van der Waals surface area contributed by atoms with E-state index in [0.717, 1.165) is 43.0 Å². The maximum Gasteiger partial charge on any atom is 0.335 e. The monoisotopic (exact) mass is 603 g/mol. The molecule has 7 nitrogen and oxygen atoms in total. The molecule has 3 aliphatic carbocycles. The molecule has 3 aromatic rings. The lowest BCUT2D eigenvalue weighted by molar-refractivity contribution is -0.116. The number of allylic oxidation sites excluding steroid dienone is 4. The van der Waals surface area contributed by atoms with Crippen LogP contribution in [0, 0.1) is 17.7 Å². The molecule has 11 heteroatoms. The van der Waals surface area contributed by atoms with Gasteiger partial charge in [-0.2, -0.15) is 5.10 Å². The Bertz CT molecular complexity index is 1560. The Morgan fingerprint density at radius 1 is 1.25 bits per heavy atom. The van der Waals surface area contributed by atoms with Gasteiger partial charge in [0.25, 0.3) is 0 Å². The third kappa shape index (κ3) is 4.61. The van der Waals surface area contributed by atoms with Crippen molar-refractivity contribution in [1.29, 1.82) is 0 Å². The molecule has 4 atom stereocenters. The molecule has 0 amide bonds. The van der Waals surface area contributed by atoms with Gasteiger partial charge in [-0.25, -0.2) is 18.9 Å². The lowest BCUT2D eigenvalue weighted by atomic mass is 9.73. The maximum atomic E-state index is 14.7. The molecule has 2 aromatic heterocycles. The van der Waals surface area contributed by atoms with Crippen LogP contribution in [0.2, 0.25) is 0 Å². The van der Waals surface area contributed by atoms with Crippen molar-refractivity contribution in [2.45, 2.75) is 62.8 Å². The number of thiazole rings is 1. The minimum absolute atomic E-state index is 0.0972. The Kier molecular flexibility index (Phi) is 7.15. The van der Waals surface area contributed by atoms with Crippen LogP contribution in [0.3, 0.4) is 0 Å². The fraction of sp³-hybridized carbons (Fsp3) is 0.414.